The quantitative estimate of drug-likeness (QED) is 0.613. The highest BCUT2D eigenvalue weighted by Gasteiger charge is 2.20. The standard InChI is InChI=1S/C10H9FN2O6/c1-5(14)12-7-3-8(13(17)18)6(11)2-9(7)19-4-10(15)16/h2-3H,4H2,1H3,(H,12,14)(H,15,16). The minimum absolute atomic E-state index is 0.179. The van der Waals surface area contributed by atoms with Gasteiger partial charge >= 0.3 is 11.7 Å². The second-order valence-corrected chi connectivity index (χ2v) is 3.42. The molecule has 1 aromatic rings. The minimum atomic E-state index is -1.31. The summed E-state index contributed by atoms with van der Waals surface area (Å²) in [6, 6.07) is 1.40. The van der Waals surface area contributed by atoms with E-state index in [0.717, 1.165) is 13.0 Å². The number of nitro benzene ring substituents is 1. The largest absolute Gasteiger partial charge is 0.480 e. The fourth-order valence-electron chi connectivity index (χ4n) is 1.23. The molecular formula is C10H9FN2O6. The van der Waals surface area contributed by atoms with Crippen molar-refractivity contribution < 1.29 is 28.7 Å². The third kappa shape index (κ3) is 3.91. The zero-order chi connectivity index (χ0) is 14.6. The Morgan fingerprint density at radius 2 is 2.16 bits per heavy atom. The van der Waals surface area contributed by atoms with Gasteiger partial charge in [-0.3, -0.25) is 14.9 Å². The van der Waals surface area contributed by atoms with Gasteiger partial charge in [-0.2, -0.15) is 4.39 Å². The zero-order valence-corrected chi connectivity index (χ0v) is 9.68. The number of hydrogen-bond donors (Lipinski definition) is 2. The first-order valence-corrected chi connectivity index (χ1v) is 4.91. The van der Waals surface area contributed by atoms with E-state index in [-0.39, 0.29) is 11.4 Å². The van der Waals surface area contributed by atoms with Gasteiger partial charge in [0.05, 0.1) is 10.6 Å². The number of carbonyl (C=O) groups excluding carboxylic acids is 1. The van der Waals surface area contributed by atoms with Gasteiger partial charge in [-0.15, -0.1) is 0 Å². The summed E-state index contributed by atoms with van der Waals surface area (Å²) in [5, 5.41) is 21.2. The number of benzene rings is 1. The lowest BCUT2D eigenvalue weighted by Crippen LogP contribution is -2.13. The number of rotatable bonds is 5. The minimum Gasteiger partial charge on any atom is -0.480 e. The second kappa shape index (κ2) is 5.76. The summed E-state index contributed by atoms with van der Waals surface area (Å²) in [6.45, 7) is 0.361. The average Bonchev–Trinajstić information content (AvgIpc) is 2.27. The van der Waals surface area contributed by atoms with E-state index in [1.54, 1.807) is 0 Å². The van der Waals surface area contributed by atoms with Crippen molar-refractivity contribution in [2.75, 3.05) is 11.9 Å². The molecule has 0 saturated heterocycles. The maximum Gasteiger partial charge on any atom is 0.341 e. The van der Waals surface area contributed by atoms with Crippen LogP contribution in [0.5, 0.6) is 5.75 Å². The van der Waals surface area contributed by atoms with Crippen LogP contribution in [0.25, 0.3) is 0 Å². The van der Waals surface area contributed by atoms with Gasteiger partial charge in [0, 0.05) is 19.1 Å². The van der Waals surface area contributed by atoms with Crippen LogP contribution in [0, 0.1) is 15.9 Å². The van der Waals surface area contributed by atoms with E-state index in [4.69, 9.17) is 9.84 Å². The van der Waals surface area contributed by atoms with Crippen LogP contribution >= 0.6 is 0 Å². The van der Waals surface area contributed by atoms with Gasteiger partial charge in [-0.25, -0.2) is 4.79 Å². The van der Waals surface area contributed by atoms with E-state index in [0.29, 0.717) is 6.07 Å². The molecule has 1 amide bonds. The molecular weight excluding hydrogens is 263 g/mol. The van der Waals surface area contributed by atoms with Crippen molar-refractivity contribution in [3.63, 3.8) is 0 Å². The van der Waals surface area contributed by atoms with Crippen LogP contribution in [-0.2, 0) is 9.59 Å². The number of ether oxygens (including phenoxy) is 1. The van der Waals surface area contributed by atoms with Crippen LogP contribution in [0.2, 0.25) is 0 Å². The van der Waals surface area contributed by atoms with Crippen molar-refractivity contribution in [1.82, 2.24) is 0 Å². The number of carboxylic acids is 1. The third-order valence-corrected chi connectivity index (χ3v) is 1.91. The normalized spacial score (nSPS) is 9.79. The number of carboxylic acid groups (broad SMARTS) is 1. The molecule has 1 aromatic carbocycles. The summed E-state index contributed by atoms with van der Waals surface area (Å²) in [5.74, 6) is -3.38. The lowest BCUT2D eigenvalue weighted by molar-refractivity contribution is -0.387. The molecule has 0 aliphatic heterocycles. The van der Waals surface area contributed by atoms with Crippen molar-refractivity contribution in [3.8, 4) is 5.75 Å². The van der Waals surface area contributed by atoms with Crippen molar-refractivity contribution in [2.45, 2.75) is 6.92 Å². The SMILES string of the molecule is CC(=O)Nc1cc([N+](=O)[O-])c(F)cc1OCC(=O)O. The van der Waals surface area contributed by atoms with Gasteiger partial charge < -0.3 is 15.2 Å². The zero-order valence-electron chi connectivity index (χ0n) is 9.68. The predicted molar refractivity (Wildman–Crippen MR) is 60.5 cm³/mol. The Bertz CT molecular complexity index is 545. The van der Waals surface area contributed by atoms with Gasteiger partial charge in [0.1, 0.15) is 5.75 Å². The highest BCUT2D eigenvalue weighted by molar-refractivity contribution is 5.91. The molecule has 19 heavy (non-hydrogen) atoms. The lowest BCUT2D eigenvalue weighted by atomic mass is 10.2. The molecule has 0 radical (unpaired) electrons. The maximum atomic E-state index is 13.4. The number of anilines is 1. The monoisotopic (exact) mass is 272 g/mol. The first-order valence-electron chi connectivity index (χ1n) is 4.91. The molecule has 8 nitrogen and oxygen atoms in total. The van der Waals surface area contributed by atoms with Gasteiger partial charge in [-0.1, -0.05) is 0 Å². The number of amides is 1. The van der Waals surface area contributed by atoms with E-state index in [1.807, 2.05) is 0 Å². The van der Waals surface area contributed by atoms with E-state index in [9.17, 15) is 24.1 Å². The third-order valence-electron chi connectivity index (χ3n) is 1.91. The predicted octanol–water partition coefficient (Wildman–Crippen LogP) is 1.16. The van der Waals surface area contributed by atoms with Gasteiger partial charge in [0.2, 0.25) is 11.7 Å². The summed E-state index contributed by atoms with van der Waals surface area (Å²) in [5.41, 5.74) is -1.03. The summed E-state index contributed by atoms with van der Waals surface area (Å²) in [6.07, 6.45) is 0. The van der Waals surface area contributed by atoms with Gasteiger partial charge in [-0.05, 0) is 0 Å². The Morgan fingerprint density at radius 3 is 2.63 bits per heavy atom. The van der Waals surface area contributed by atoms with Crippen molar-refractivity contribution in [2.24, 2.45) is 0 Å². The number of carbonyl (C=O) groups is 2. The molecule has 0 spiro atoms. The van der Waals surface area contributed by atoms with E-state index < -0.39 is 34.9 Å². The van der Waals surface area contributed by atoms with E-state index in [1.165, 1.54) is 0 Å². The van der Waals surface area contributed by atoms with Crippen LogP contribution in [0.15, 0.2) is 12.1 Å². The molecule has 0 aliphatic rings. The Labute approximate surface area is 105 Å². The number of aliphatic carboxylic acids is 1. The number of nitro groups is 1. The highest BCUT2D eigenvalue weighted by Crippen LogP contribution is 2.32. The van der Waals surface area contributed by atoms with Crippen LogP contribution in [0.3, 0.4) is 0 Å². The molecule has 0 fully saturated rings. The summed E-state index contributed by atoms with van der Waals surface area (Å²) in [4.78, 5) is 30.9. The van der Waals surface area contributed by atoms with Gasteiger partial charge in [0.25, 0.3) is 0 Å². The van der Waals surface area contributed by atoms with Crippen LogP contribution < -0.4 is 10.1 Å². The molecule has 0 bridgehead atoms. The number of halogens is 1. The van der Waals surface area contributed by atoms with Gasteiger partial charge in [0.15, 0.2) is 6.61 Å². The number of nitrogens with zero attached hydrogens (tertiary/aromatic N) is 1. The molecule has 102 valence electrons. The summed E-state index contributed by atoms with van der Waals surface area (Å²) >= 11 is 0. The molecule has 0 saturated carbocycles. The molecule has 9 heteroatoms. The first kappa shape index (κ1) is 14.4. The second-order valence-electron chi connectivity index (χ2n) is 3.42. The Hall–Kier alpha value is -2.71. The number of hydrogen-bond acceptors (Lipinski definition) is 5. The fourth-order valence-corrected chi connectivity index (χ4v) is 1.23. The van der Waals surface area contributed by atoms with Crippen LogP contribution in [0.4, 0.5) is 15.8 Å². The fraction of sp³-hybridized carbons (Fsp3) is 0.200. The van der Waals surface area contributed by atoms with E-state index in [2.05, 4.69) is 5.32 Å². The van der Waals surface area contributed by atoms with Crippen molar-refractivity contribution >= 4 is 23.3 Å². The van der Waals surface area contributed by atoms with E-state index >= 15 is 0 Å². The molecule has 0 aliphatic carbocycles. The average molecular weight is 272 g/mol. The van der Waals surface area contributed by atoms with Crippen molar-refractivity contribution in [3.05, 3.63) is 28.1 Å². The van der Waals surface area contributed by atoms with Crippen LogP contribution in [-0.4, -0.2) is 28.5 Å². The topological polar surface area (TPSA) is 119 Å². The molecule has 0 heterocycles. The summed E-state index contributed by atoms with van der Waals surface area (Å²) < 4.78 is 18.1. The first-order chi connectivity index (χ1) is 8.81. The smallest absolute Gasteiger partial charge is 0.341 e. The summed E-state index contributed by atoms with van der Waals surface area (Å²) in [7, 11) is 0. The Balaban J connectivity index is 3.19. The van der Waals surface area contributed by atoms with Crippen molar-refractivity contribution in [1.29, 1.82) is 0 Å². The molecule has 2 N–H and O–H groups in total. The molecule has 0 atom stereocenters. The molecule has 0 unspecified atom stereocenters. The molecule has 1 rings (SSSR count). The molecule has 0 aromatic heterocycles. The van der Waals surface area contributed by atoms with Crippen LogP contribution in [0.1, 0.15) is 6.92 Å². The Kier molecular flexibility index (Phi) is 4.35. The maximum absolute atomic E-state index is 13.4. The Morgan fingerprint density at radius 1 is 1.53 bits per heavy atom. The lowest BCUT2D eigenvalue weighted by Gasteiger charge is -2.10. The highest BCUT2D eigenvalue weighted by atomic mass is 19.1. The number of nitrogens with one attached hydrogen (secondary N) is 1.